The van der Waals surface area contributed by atoms with Gasteiger partial charge in [-0.15, -0.1) is 0 Å². The molecular formula is C22H24F3NO3S. The summed E-state index contributed by atoms with van der Waals surface area (Å²) in [6.07, 6.45) is 0.917. The normalized spacial score (nSPS) is 22.8. The standard InChI is InChI=1S/C22H24F3NO3S/c1-14-11-16(9-10-26-14)15-5-8-21(20(12-15)22(23,24)25)30(27,28)19-7-6-18(13-19)29-17-3-2-4-17/h5,8-12,17-19H,2-4,6-7,13H2,1H3/t18-,19-/m1/s1. The third-order valence-corrected chi connectivity index (χ3v) is 8.31. The van der Waals surface area contributed by atoms with Crippen molar-refractivity contribution in [1.82, 2.24) is 4.98 Å². The summed E-state index contributed by atoms with van der Waals surface area (Å²) in [4.78, 5) is 3.41. The second-order valence-electron chi connectivity index (χ2n) is 8.19. The zero-order valence-corrected chi connectivity index (χ0v) is 17.5. The van der Waals surface area contributed by atoms with Crippen molar-refractivity contribution >= 4 is 9.84 Å². The number of sulfone groups is 1. The van der Waals surface area contributed by atoms with Gasteiger partial charge in [0.1, 0.15) is 0 Å². The molecule has 2 aliphatic carbocycles. The fourth-order valence-corrected chi connectivity index (χ4v) is 6.18. The van der Waals surface area contributed by atoms with Crippen molar-refractivity contribution in [2.45, 2.75) is 74.0 Å². The molecular weight excluding hydrogens is 415 g/mol. The molecule has 4 rings (SSSR count). The van der Waals surface area contributed by atoms with E-state index in [-0.39, 0.29) is 18.6 Å². The van der Waals surface area contributed by atoms with Crippen LogP contribution in [0.1, 0.15) is 49.8 Å². The summed E-state index contributed by atoms with van der Waals surface area (Å²) in [6.45, 7) is 1.75. The minimum absolute atomic E-state index is 0.172. The van der Waals surface area contributed by atoms with E-state index in [1.165, 1.54) is 12.3 Å². The Morgan fingerprint density at radius 3 is 2.37 bits per heavy atom. The molecule has 2 fully saturated rings. The third kappa shape index (κ3) is 4.25. The number of aryl methyl sites for hydroxylation is 1. The molecule has 0 unspecified atom stereocenters. The van der Waals surface area contributed by atoms with Crippen molar-refractivity contribution in [3.05, 3.63) is 47.8 Å². The van der Waals surface area contributed by atoms with E-state index in [1.807, 2.05) is 0 Å². The van der Waals surface area contributed by atoms with Crippen LogP contribution < -0.4 is 0 Å². The van der Waals surface area contributed by atoms with Gasteiger partial charge < -0.3 is 4.74 Å². The first-order valence-electron chi connectivity index (χ1n) is 10.2. The van der Waals surface area contributed by atoms with Crippen molar-refractivity contribution in [2.75, 3.05) is 0 Å². The maximum Gasteiger partial charge on any atom is 0.417 e. The van der Waals surface area contributed by atoms with E-state index in [9.17, 15) is 21.6 Å². The molecule has 2 aliphatic rings. The molecule has 0 saturated heterocycles. The Balaban J connectivity index is 1.65. The first-order valence-corrected chi connectivity index (χ1v) is 11.7. The monoisotopic (exact) mass is 439 g/mol. The molecule has 1 aromatic carbocycles. The Morgan fingerprint density at radius 1 is 1.00 bits per heavy atom. The SMILES string of the molecule is Cc1cc(-c2ccc(S(=O)(=O)[C@@H]3CC[C@@H](OC4CCC4)C3)c(C(F)(F)F)c2)ccn1. The number of hydrogen-bond donors (Lipinski definition) is 0. The van der Waals surface area contributed by atoms with Crippen molar-refractivity contribution < 1.29 is 26.3 Å². The highest BCUT2D eigenvalue weighted by atomic mass is 32.2. The Bertz CT molecular complexity index is 1030. The highest BCUT2D eigenvalue weighted by Crippen LogP contribution is 2.41. The topological polar surface area (TPSA) is 56.3 Å². The third-order valence-electron chi connectivity index (χ3n) is 6.03. The molecule has 0 bridgehead atoms. The number of pyridine rings is 1. The largest absolute Gasteiger partial charge is 0.417 e. The summed E-state index contributed by atoms with van der Waals surface area (Å²) < 4.78 is 73.7. The molecule has 1 aromatic heterocycles. The molecule has 2 atom stereocenters. The highest BCUT2D eigenvalue weighted by Gasteiger charge is 2.43. The van der Waals surface area contributed by atoms with E-state index in [1.54, 1.807) is 19.1 Å². The molecule has 0 aliphatic heterocycles. The summed E-state index contributed by atoms with van der Waals surface area (Å²) in [5.41, 5.74) is 0.426. The highest BCUT2D eigenvalue weighted by molar-refractivity contribution is 7.92. The number of halogens is 3. The molecule has 162 valence electrons. The first-order chi connectivity index (χ1) is 14.1. The Kier molecular flexibility index (Phi) is 5.66. The molecule has 2 saturated carbocycles. The van der Waals surface area contributed by atoms with E-state index in [0.29, 0.717) is 29.7 Å². The summed E-state index contributed by atoms with van der Waals surface area (Å²) in [5, 5.41) is -0.849. The van der Waals surface area contributed by atoms with Gasteiger partial charge in [0.15, 0.2) is 9.84 Å². The predicted molar refractivity (Wildman–Crippen MR) is 107 cm³/mol. The van der Waals surface area contributed by atoms with Crippen LogP contribution in [0.4, 0.5) is 13.2 Å². The van der Waals surface area contributed by atoms with Gasteiger partial charge in [-0.2, -0.15) is 13.2 Å². The van der Waals surface area contributed by atoms with Crippen LogP contribution >= 0.6 is 0 Å². The van der Waals surface area contributed by atoms with Crippen LogP contribution in [-0.2, 0) is 20.8 Å². The number of hydrogen-bond acceptors (Lipinski definition) is 4. The second kappa shape index (κ2) is 7.96. The molecule has 0 radical (unpaired) electrons. The number of alkyl halides is 3. The average Bonchev–Trinajstić information content (AvgIpc) is 3.13. The smallest absolute Gasteiger partial charge is 0.375 e. The predicted octanol–water partition coefficient (Wildman–Crippen LogP) is 5.34. The van der Waals surface area contributed by atoms with Gasteiger partial charge in [-0.1, -0.05) is 6.07 Å². The van der Waals surface area contributed by atoms with E-state index in [4.69, 9.17) is 4.74 Å². The fourth-order valence-electron chi connectivity index (χ4n) is 4.17. The Labute approximate surface area is 174 Å². The number of ether oxygens (including phenoxy) is 1. The minimum atomic E-state index is -4.78. The van der Waals surface area contributed by atoms with Gasteiger partial charge in [-0.25, -0.2) is 8.42 Å². The van der Waals surface area contributed by atoms with Crippen molar-refractivity contribution in [3.8, 4) is 11.1 Å². The number of nitrogens with zero attached hydrogens (tertiary/aromatic N) is 1. The molecule has 0 N–H and O–H groups in total. The molecule has 0 amide bonds. The molecule has 0 spiro atoms. The molecule has 2 aromatic rings. The van der Waals surface area contributed by atoms with Crippen LogP contribution in [0.15, 0.2) is 41.4 Å². The van der Waals surface area contributed by atoms with Crippen LogP contribution in [0.25, 0.3) is 11.1 Å². The Hall–Kier alpha value is -1.93. The number of rotatable bonds is 5. The zero-order chi connectivity index (χ0) is 21.5. The van der Waals surface area contributed by atoms with Crippen LogP contribution in [0.5, 0.6) is 0 Å². The maximum absolute atomic E-state index is 13.8. The lowest BCUT2D eigenvalue weighted by Crippen LogP contribution is -2.28. The second-order valence-corrected chi connectivity index (χ2v) is 10.4. The van der Waals surface area contributed by atoms with Gasteiger partial charge in [0, 0.05) is 11.9 Å². The first kappa shape index (κ1) is 21.3. The van der Waals surface area contributed by atoms with Crippen LogP contribution in [0.3, 0.4) is 0 Å². The molecule has 8 heteroatoms. The van der Waals surface area contributed by atoms with Gasteiger partial charge in [0.25, 0.3) is 0 Å². The van der Waals surface area contributed by atoms with Gasteiger partial charge in [-0.05, 0) is 80.8 Å². The number of aromatic nitrogens is 1. The van der Waals surface area contributed by atoms with Gasteiger partial charge in [0.2, 0.25) is 0 Å². The van der Waals surface area contributed by atoms with E-state index in [0.717, 1.165) is 31.4 Å². The van der Waals surface area contributed by atoms with Gasteiger partial charge >= 0.3 is 6.18 Å². The van der Waals surface area contributed by atoms with Gasteiger partial charge in [-0.3, -0.25) is 4.98 Å². The summed E-state index contributed by atoms with van der Waals surface area (Å²) in [5.74, 6) is 0. The van der Waals surface area contributed by atoms with Crippen LogP contribution in [0.2, 0.25) is 0 Å². The van der Waals surface area contributed by atoms with Crippen LogP contribution in [0, 0.1) is 6.92 Å². The van der Waals surface area contributed by atoms with Gasteiger partial charge in [0.05, 0.1) is 27.9 Å². The lowest BCUT2D eigenvalue weighted by Gasteiger charge is -2.29. The summed E-state index contributed by atoms with van der Waals surface area (Å²) >= 11 is 0. The fraction of sp³-hybridized carbons (Fsp3) is 0.500. The van der Waals surface area contributed by atoms with Crippen molar-refractivity contribution in [3.63, 3.8) is 0 Å². The molecule has 30 heavy (non-hydrogen) atoms. The molecule has 1 heterocycles. The lowest BCUT2D eigenvalue weighted by atomic mass is 9.96. The minimum Gasteiger partial charge on any atom is -0.375 e. The van der Waals surface area contributed by atoms with E-state index >= 15 is 0 Å². The lowest BCUT2D eigenvalue weighted by molar-refractivity contribution is -0.139. The Morgan fingerprint density at radius 2 is 1.73 bits per heavy atom. The average molecular weight is 439 g/mol. The van der Waals surface area contributed by atoms with E-state index in [2.05, 4.69) is 4.98 Å². The van der Waals surface area contributed by atoms with Crippen molar-refractivity contribution in [1.29, 1.82) is 0 Å². The van der Waals surface area contributed by atoms with Crippen LogP contribution in [-0.4, -0.2) is 30.9 Å². The van der Waals surface area contributed by atoms with E-state index < -0.39 is 31.7 Å². The molecule has 4 nitrogen and oxygen atoms in total. The maximum atomic E-state index is 13.8. The number of benzene rings is 1. The summed E-state index contributed by atoms with van der Waals surface area (Å²) in [7, 11) is -4.13. The summed E-state index contributed by atoms with van der Waals surface area (Å²) in [6, 6.07) is 6.75. The van der Waals surface area contributed by atoms with Crippen molar-refractivity contribution in [2.24, 2.45) is 0 Å². The quantitative estimate of drug-likeness (QED) is 0.631. The zero-order valence-electron chi connectivity index (χ0n) is 16.7.